The first-order chi connectivity index (χ1) is 15.1. The van der Waals surface area contributed by atoms with Gasteiger partial charge in [0.05, 0.1) is 17.2 Å². The lowest BCUT2D eigenvalue weighted by Crippen LogP contribution is -2.51. The quantitative estimate of drug-likeness (QED) is 0.502. The van der Waals surface area contributed by atoms with Crippen LogP contribution in [0.15, 0.2) is 47.4 Å². The molecule has 0 bridgehead atoms. The number of rotatable bonds is 6. The highest BCUT2D eigenvalue weighted by Crippen LogP contribution is 2.25. The molecule has 0 unspecified atom stereocenters. The standard InChI is InChI=1S/C20H21FN4O6S/c1-32(30,31)18-7-6-14(12-17(18)25(28)29)20(27)22-13-19(26)24-10-8-23(9-11-24)16-5-3-2-4-15(16)21/h2-7,12H,8-11,13H2,1H3,(H,22,27). The predicted molar refractivity (Wildman–Crippen MR) is 114 cm³/mol. The molecule has 1 aliphatic heterocycles. The maximum atomic E-state index is 13.9. The lowest BCUT2D eigenvalue weighted by Gasteiger charge is -2.36. The highest BCUT2D eigenvalue weighted by Gasteiger charge is 2.25. The summed E-state index contributed by atoms with van der Waals surface area (Å²) in [5.41, 5.74) is -0.385. The Morgan fingerprint density at radius 1 is 1.12 bits per heavy atom. The van der Waals surface area contributed by atoms with Gasteiger partial charge in [-0.25, -0.2) is 12.8 Å². The number of hydrogen-bond donors (Lipinski definition) is 1. The van der Waals surface area contributed by atoms with E-state index >= 15 is 0 Å². The fraction of sp³-hybridized carbons (Fsp3) is 0.300. The van der Waals surface area contributed by atoms with E-state index in [4.69, 9.17) is 0 Å². The van der Waals surface area contributed by atoms with Crippen molar-refractivity contribution in [3.8, 4) is 0 Å². The van der Waals surface area contributed by atoms with E-state index in [-0.39, 0.29) is 23.8 Å². The summed E-state index contributed by atoms with van der Waals surface area (Å²) in [6.07, 6.45) is 0.833. The molecule has 10 nitrogen and oxygen atoms in total. The normalized spacial score (nSPS) is 14.2. The van der Waals surface area contributed by atoms with Crippen LogP contribution in [-0.4, -0.2) is 69.0 Å². The number of carbonyl (C=O) groups is 2. The van der Waals surface area contributed by atoms with Crippen LogP contribution in [-0.2, 0) is 14.6 Å². The minimum absolute atomic E-state index is 0.138. The number of anilines is 1. The van der Waals surface area contributed by atoms with Crippen molar-refractivity contribution in [1.29, 1.82) is 0 Å². The van der Waals surface area contributed by atoms with Gasteiger partial charge in [-0.3, -0.25) is 19.7 Å². The van der Waals surface area contributed by atoms with Gasteiger partial charge in [-0.15, -0.1) is 0 Å². The Bertz CT molecular complexity index is 1160. The fourth-order valence-electron chi connectivity index (χ4n) is 3.39. The number of piperazine rings is 1. The molecular formula is C20H21FN4O6S. The van der Waals surface area contributed by atoms with E-state index in [0.29, 0.717) is 31.9 Å². The second kappa shape index (κ2) is 9.30. The van der Waals surface area contributed by atoms with E-state index in [1.165, 1.54) is 11.0 Å². The third-order valence-corrected chi connectivity index (χ3v) is 6.19. The number of nitrogens with zero attached hydrogens (tertiary/aromatic N) is 3. The Labute approximate surface area is 183 Å². The van der Waals surface area contributed by atoms with Crippen LogP contribution in [0, 0.1) is 15.9 Å². The first-order valence-electron chi connectivity index (χ1n) is 9.62. The highest BCUT2D eigenvalue weighted by atomic mass is 32.2. The molecule has 2 amide bonds. The molecule has 2 aromatic rings. The summed E-state index contributed by atoms with van der Waals surface area (Å²) in [6, 6.07) is 9.38. The zero-order chi connectivity index (χ0) is 23.5. The van der Waals surface area contributed by atoms with Gasteiger partial charge in [-0.1, -0.05) is 12.1 Å². The van der Waals surface area contributed by atoms with Crippen LogP contribution >= 0.6 is 0 Å². The number of benzene rings is 2. The minimum Gasteiger partial charge on any atom is -0.366 e. The topological polar surface area (TPSA) is 130 Å². The molecule has 1 heterocycles. The highest BCUT2D eigenvalue weighted by molar-refractivity contribution is 7.90. The summed E-state index contributed by atoms with van der Waals surface area (Å²) in [5, 5.41) is 13.6. The molecule has 1 N–H and O–H groups in total. The summed E-state index contributed by atoms with van der Waals surface area (Å²) in [4.78, 5) is 38.0. The molecule has 1 saturated heterocycles. The first kappa shape index (κ1) is 23.1. The third kappa shape index (κ3) is 5.19. The van der Waals surface area contributed by atoms with Crippen LogP contribution in [0.25, 0.3) is 0 Å². The number of halogens is 1. The van der Waals surface area contributed by atoms with Crippen molar-refractivity contribution in [2.24, 2.45) is 0 Å². The molecule has 0 saturated carbocycles. The van der Waals surface area contributed by atoms with E-state index < -0.39 is 31.3 Å². The average molecular weight is 464 g/mol. The van der Waals surface area contributed by atoms with Gasteiger partial charge in [-0.05, 0) is 24.3 Å². The van der Waals surface area contributed by atoms with Crippen molar-refractivity contribution in [1.82, 2.24) is 10.2 Å². The molecule has 1 fully saturated rings. The van der Waals surface area contributed by atoms with Crippen molar-refractivity contribution in [3.63, 3.8) is 0 Å². The van der Waals surface area contributed by atoms with Gasteiger partial charge in [0.2, 0.25) is 5.91 Å². The van der Waals surface area contributed by atoms with Gasteiger partial charge >= 0.3 is 0 Å². The van der Waals surface area contributed by atoms with Crippen molar-refractivity contribution < 1.29 is 27.3 Å². The number of nitrogens with one attached hydrogen (secondary N) is 1. The molecule has 12 heteroatoms. The summed E-state index contributed by atoms with van der Waals surface area (Å²) < 4.78 is 37.3. The Morgan fingerprint density at radius 2 is 1.78 bits per heavy atom. The van der Waals surface area contributed by atoms with Gasteiger partial charge in [0.1, 0.15) is 10.7 Å². The molecule has 0 atom stereocenters. The van der Waals surface area contributed by atoms with Crippen LogP contribution in [0.5, 0.6) is 0 Å². The van der Waals surface area contributed by atoms with Crippen LogP contribution in [0.3, 0.4) is 0 Å². The lowest BCUT2D eigenvalue weighted by atomic mass is 10.2. The number of carbonyl (C=O) groups excluding carboxylic acids is 2. The van der Waals surface area contributed by atoms with Crippen LogP contribution in [0.4, 0.5) is 15.8 Å². The van der Waals surface area contributed by atoms with Gasteiger partial charge in [0.15, 0.2) is 9.84 Å². The average Bonchev–Trinajstić information content (AvgIpc) is 2.76. The second-order valence-corrected chi connectivity index (χ2v) is 9.20. The number of hydrogen-bond acceptors (Lipinski definition) is 7. The summed E-state index contributed by atoms with van der Waals surface area (Å²) in [6.45, 7) is 1.22. The van der Waals surface area contributed by atoms with Gasteiger partial charge in [-0.2, -0.15) is 0 Å². The van der Waals surface area contributed by atoms with Crippen molar-refractivity contribution in [3.05, 3.63) is 64.0 Å². The van der Waals surface area contributed by atoms with E-state index in [0.717, 1.165) is 24.5 Å². The summed E-state index contributed by atoms with van der Waals surface area (Å²) in [7, 11) is -3.85. The van der Waals surface area contributed by atoms with E-state index in [2.05, 4.69) is 5.32 Å². The minimum atomic E-state index is -3.85. The van der Waals surface area contributed by atoms with Gasteiger partial charge in [0, 0.05) is 44.1 Å². The lowest BCUT2D eigenvalue weighted by molar-refractivity contribution is -0.387. The maximum Gasteiger partial charge on any atom is 0.288 e. The van der Waals surface area contributed by atoms with Gasteiger partial charge in [0.25, 0.3) is 11.6 Å². The fourth-order valence-corrected chi connectivity index (χ4v) is 4.22. The Hall–Kier alpha value is -3.54. The Kier molecular flexibility index (Phi) is 6.72. The van der Waals surface area contributed by atoms with Gasteiger partial charge < -0.3 is 15.1 Å². The SMILES string of the molecule is CS(=O)(=O)c1ccc(C(=O)NCC(=O)N2CCN(c3ccccc3F)CC2)cc1[N+](=O)[O-]. The molecule has 0 aliphatic carbocycles. The number of nitro benzene ring substituents is 1. The molecular weight excluding hydrogens is 443 g/mol. The Morgan fingerprint density at radius 3 is 2.38 bits per heavy atom. The van der Waals surface area contributed by atoms with Crippen molar-refractivity contribution >= 4 is 33.0 Å². The smallest absolute Gasteiger partial charge is 0.288 e. The molecule has 170 valence electrons. The van der Waals surface area contributed by atoms with Crippen molar-refractivity contribution in [2.75, 3.05) is 43.9 Å². The molecule has 0 aromatic heterocycles. The molecule has 0 radical (unpaired) electrons. The number of amides is 2. The summed E-state index contributed by atoms with van der Waals surface area (Å²) in [5.74, 6) is -1.43. The monoisotopic (exact) mass is 464 g/mol. The van der Waals surface area contributed by atoms with Crippen LogP contribution in [0.2, 0.25) is 0 Å². The number of sulfone groups is 1. The first-order valence-corrected chi connectivity index (χ1v) is 11.5. The third-order valence-electron chi connectivity index (χ3n) is 5.04. The maximum absolute atomic E-state index is 13.9. The molecule has 1 aliphatic rings. The number of para-hydroxylation sites is 1. The second-order valence-electron chi connectivity index (χ2n) is 7.21. The number of nitro groups is 1. The molecule has 2 aromatic carbocycles. The zero-order valence-electron chi connectivity index (χ0n) is 17.2. The zero-order valence-corrected chi connectivity index (χ0v) is 18.0. The molecule has 0 spiro atoms. The summed E-state index contributed by atoms with van der Waals surface area (Å²) >= 11 is 0. The van der Waals surface area contributed by atoms with Crippen LogP contribution in [0.1, 0.15) is 10.4 Å². The van der Waals surface area contributed by atoms with E-state index in [1.54, 1.807) is 18.2 Å². The van der Waals surface area contributed by atoms with E-state index in [9.17, 15) is 32.5 Å². The van der Waals surface area contributed by atoms with Crippen molar-refractivity contribution in [2.45, 2.75) is 4.90 Å². The van der Waals surface area contributed by atoms with Crippen LogP contribution < -0.4 is 10.2 Å². The molecule has 3 rings (SSSR count). The largest absolute Gasteiger partial charge is 0.366 e. The van der Waals surface area contributed by atoms with E-state index in [1.807, 2.05) is 4.90 Å². The Balaban J connectivity index is 1.59. The predicted octanol–water partition coefficient (Wildman–Crippen LogP) is 1.22. The molecule has 32 heavy (non-hydrogen) atoms.